The molecule has 1 aromatic rings. The van der Waals surface area contributed by atoms with Crippen molar-refractivity contribution in [2.75, 3.05) is 0 Å². The predicted octanol–water partition coefficient (Wildman–Crippen LogP) is 7.66. The zero-order valence-corrected chi connectivity index (χ0v) is 17.0. The van der Waals surface area contributed by atoms with Crippen LogP contribution in [0.4, 0.5) is 0 Å². The highest BCUT2D eigenvalue weighted by molar-refractivity contribution is 5.38. The molecule has 0 aromatic heterocycles. The van der Waals surface area contributed by atoms with Gasteiger partial charge in [-0.2, -0.15) is 0 Å². The monoisotopic (exact) mass is 338 g/mol. The van der Waals surface area contributed by atoms with E-state index in [4.69, 9.17) is 0 Å². The van der Waals surface area contributed by atoms with E-state index < -0.39 is 0 Å². The highest BCUT2D eigenvalue weighted by atomic mass is 14.4. The molecule has 2 aliphatic carbocycles. The van der Waals surface area contributed by atoms with E-state index in [2.05, 4.69) is 52.0 Å². The van der Waals surface area contributed by atoms with Gasteiger partial charge in [-0.15, -0.1) is 0 Å². The quantitative estimate of drug-likeness (QED) is 0.494. The smallest absolute Gasteiger partial charge is 0.0162 e. The minimum absolute atomic E-state index is 0.820. The van der Waals surface area contributed by atoms with E-state index in [1.165, 1.54) is 74.5 Å². The third-order valence-corrected chi connectivity index (χ3v) is 7.46. The summed E-state index contributed by atoms with van der Waals surface area (Å²) in [6, 6.07) is 4.94. The fourth-order valence-electron chi connectivity index (χ4n) is 5.45. The van der Waals surface area contributed by atoms with Gasteiger partial charge in [0.25, 0.3) is 0 Å². The van der Waals surface area contributed by atoms with E-state index in [1.807, 2.05) is 0 Å². The first-order valence-corrected chi connectivity index (χ1v) is 10.8. The number of allylic oxidation sites excluding steroid dienone is 2. The second-order valence-corrected chi connectivity index (χ2v) is 8.98. The molecule has 0 radical (unpaired) electrons. The molecular formula is C25H38. The number of hydrogen-bond donors (Lipinski definition) is 0. The van der Waals surface area contributed by atoms with Gasteiger partial charge in [0.15, 0.2) is 0 Å². The molecule has 0 atom stereocenters. The third kappa shape index (κ3) is 4.57. The van der Waals surface area contributed by atoms with Gasteiger partial charge in [-0.3, -0.25) is 0 Å². The molecule has 0 heteroatoms. The van der Waals surface area contributed by atoms with Gasteiger partial charge >= 0.3 is 0 Å². The first kappa shape index (κ1) is 18.7. The second kappa shape index (κ2) is 8.56. The zero-order chi connectivity index (χ0) is 17.8. The summed E-state index contributed by atoms with van der Waals surface area (Å²) in [5, 5.41) is 0. The lowest BCUT2D eigenvalue weighted by Crippen LogP contribution is -2.25. The Morgan fingerprint density at radius 3 is 1.84 bits per heavy atom. The van der Waals surface area contributed by atoms with Gasteiger partial charge in [0, 0.05) is 0 Å². The van der Waals surface area contributed by atoms with E-state index in [-0.39, 0.29) is 0 Å². The molecule has 3 rings (SSSR count). The second-order valence-electron chi connectivity index (χ2n) is 8.98. The molecule has 0 amide bonds. The van der Waals surface area contributed by atoms with Gasteiger partial charge < -0.3 is 0 Å². The molecule has 2 saturated carbocycles. The van der Waals surface area contributed by atoms with Gasteiger partial charge in [0.1, 0.15) is 0 Å². The maximum atomic E-state index is 2.47. The lowest BCUT2D eigenvalue weighted by Gasteiger charge is -2.38. The molecule has 0 nitrogen and oxygen atoms in total. The van der Waals surface area contributed by atoms with Crippen LogP contribution in [0.2, 0.25) is 0 Å². The molecule has 0 aliphatic heterocycles. The van der Waals surface area contributed by atoms with Gasteiger partial charge in [-0.25, -0.2) is 0 Å². The third-order valence-electron chi connectivity index (χ3n) is 7.46. The Bertz CT molecular complexity index is 555. The van der Waals surface area contributed by atoms with Gasteiger partial charge in [-0.05, 0) is 131 Å². The number of hydrogen-bond acceptors (Lipinski definition) is 0. The first-order valence-electron chi connectivity index (χ1n) is 10.8. The van der Waals surface area contributed by atoms with Crippen molar-refractivity contribution < 1.29 is 0 Å². The van der Waals surface area contributed by atoms with Gasteiger partial charge in [-0.1, -0.05) is 24.3 Å². The van der Waals surface area contributed by atoms with Crippen molar-refractivity contribution in [3.63, 3.8) is 0 Å². The van der Waals surface area contributed by atoms with Crippen LogP contribution in [0.5, 0.6) is 0 Å². The summed E-state index contributed by atoms with van der Waals surface area (Å²) in [7, 11) is 0. The van der Waals surface area contributed by atoms with Crippen LogP contribution in [-0.2, 0) is 0 Å². The molecule has 0 unspecified atom stereocenters. The first-order chi connectivity index (χ1) is 12.1. The average molecular weight is 339 g/mol. The largest absolute Gasteiger partial charge is 0.0917 e. The van der Waals surface area contributed by atoms with Crippen LogP contribution < -0.4 is 0 Å². The molecule has 2 fully saturated rings. The van der Waals surface area contributed by atoms with Crippen molar-refractivity contribution >= 4 is 0 Å². The fraction of sp³-hybridized carbons (Fsp3) is 0.680. The topological polar surface area (TPSA) is 0 Å². The summed E-state index contributed by atoms with van der Waals surface area (Å²) in [6.45, 7) is 8.98. The lowest BCUT2D eigenvalue weighted by molar-refractivity contribution is 0.160. The Hall–Kier alpha value is -1.04. The van der Waals surface area contributed by atoms with Crippen LogP contribution in [0.3, 0.4) is 0 Å². The minimum atomic E-state index is 0.820. The summed E-state index contributed by atoms with van der Waals surface area (Å²) in [5.74, 6) is 3.85. The van der Waals surface area contributed by atoms with Crippen molar-refractivity contribution in [2.45, 2.75) is 91.4 Å². The van der Waals surface area contributed by atoms with E-state index in [1.54, 1.807) is 5.56 Å². The summed E-state index contributed by atoms with van der Waals surface area (Å²) < 4.78 is 0. The number of rotatable bonds is 4. The maximum absolute atomic E-state index is 2.47. The molecular weight excluding hydrogens is 300 g/mol. The van der Waals surface area contributed by atoms with Crippen LogP contribution in [0.15, 0.2) is 24.3 Å². The molecule has 0 N–H and O–H groups in total. The predicted molar refractivity (Wildman–Crippen MR) is 110 cm³/mol. The summed E-state index contributed by atoms with van der Waals surface area (Å²) in [5.41, 5.74) is 6.06. The molecule has 0 spiro atoms. The molecule has 0 saturated heterocycles. The van der Waals surface area contributed by atoms with E-state index in [0.717, 1.165) is 23.7 Å². The SMILES string of the molecule is C/C=C/CC1CCC(C2CCC(c3cc(C)c(C)c(C)c3)CC2)CC1. The van der Waals surface area contributed by atoms with Crippen molar-refractivity contribution in [2.24, 2.45) is 17.8 Å². The normalized spacial score (nSPS) is 30.7. The van der Waals surface area contributed by atoms with Crippen LogP contribution >= 0.6 is 0 Å². The van der Waals surface area contributed by atoms with Crippen LogP contribution in [-0.4, -0.2) is 0 Å². The van der Waals surface area contributed by atoms with Gasteiger partial charge in [0.2, 0.25) is 0 Å². The standard InChI is InChI=1S/C25H38/c1-5-6-7-21-8-10-22(11-9-21)23-12-14-24(15-13-23)25-16-18(2)20(4)19(3)17-25/h5-6,16-17,21-24H,7-15H2,1-4H3/b6-5+. The Kier molecular flexibility index (Phi) is 6.42. The molecule has 2 aliphatic rings. The molecule has 0 bridgehead atoms. The summed E-state index contributed by atoms with van der Waals surface area (Å²) >= 11 is 0. The van der Waals surface area contributed by atoms with Gasteiger partial charge in [0.05, 0.1) is 0 Å². The van der Waals surface area contributed by atoms with Crippen molar-refractivity contribution in [3.05, 3.63) is 46.5 Å². The molecule has 25 heavy (non-hydrogen) atoms. The molecule has 138 valence electrons. The van der Waals surface area contributed by atoms with Crippen molar-refractivity contribution in [3.8, 4) is 0 Å². The Labute approximate surface area is 156 Å². The van der Waals surface area contributed by atoms with E-state index in [0.29, 0.717) is 0 Å². The molecule has 1 aromatic carbocycles. The van der Waals surface area contributed by atoms with Crippen molar-refractivity contribution in [1.29, 1.82) is 0 Å². The number of aryl methyl sites for hydroxylation is 2. The van der Waals surface area contributed by atoms with Crippen LogP contribution in [0, 0.1) is 38.5 Å². The lowest BCUT2D eigenvalue weighted by atomic mass is 9.68. The minimum Gasteiger partial charge on any atom is -0.0917 e. The van der Waals surface area contributed by atoms with E-state index >= 15 is 0 Å². The highest BCUT2D eigenvalue weighted by Crippen LogP contribution is 2.44. The Morgan fingerprint density at radius 1 is 0.800 bits per heavy atom. The van der Waals surface area contributed by atoms with Crippen LogP contribution in [0.25, 0.3) is 0 Å². The average Bonchev–Trinajstić information content (AvgIpc) is 2.64. The number of benzene rings is 1. The summed E-state index contributed by atoms with van der Waals surface area (Å²) in [4.78, 5) is 0. The molecule has 0 heterocycles. The fourth-order valence-corrected chi connectivity index (χ4v) is 5.45. The van der Waals surface area contributed by atoms with Crippen LogP contribution in [0.1, 0.15) is 92.9 Å². The Morgan fingerprint density at radius 2 is 1.32 bits per heavy atom. The maximum Gasteiger partial charge on any atom is -0.0162 e. The zero-order valence-electron chi connectivity index (χ0n) is 17.0. The Balaban J connectivity index is 1.51. The summed E-state index contributed by atoms with van der Waals surface area (Å²) in [6.07, 6.45) is 17.7. The van der Waals surface area contributed by atoms with Crippen molar-refractivity contribution in [1.82, 2.24) is 0 Å². The van der Waals surface area contributed by atoms with E-state index in [9.17, 15) is 0 Å². The highest BCUT2D eigenvalue weighted by Gasteiger charge is 2.31.